The number of hydrogen-bond donors (Lipinski definition) is 2. The number of para-hydroxylation sites is 1. The van der Waals surface area contributed by atoms with Crippen LogP contribution < -0.4 is 10.6 Å². The van der Waals surface area contributed by atoms with Crippen LogP contribution in [0.1, 0.15) is 28.9 Å². The summed E-state index contributed by atoms with van der Waals surface area (Å²) in [6.07, 6.45) is 3.10. The first-order valence-corrected chi connectivity index (χ1v) is 8.93. The van der Waals surface area contributed by atoms with Gasteiger partial charge in [-0.15, -0.1) is 0 Å². The molecule has 0 saturated heterocycles. The Morgan fingerprint density at radius 2 is 1.79 bits per heavy atom. The first kappa shape index (κ1) is 18.5. The van der Waals surface area contributed by atoms with Gasteiger partial charge in [0.1, 0.15) is 23.0 Å². The highest BCUT2D eigenvalue weighted by molar-refractivity contribution is 6.08. The van der Waals surface area contributed by atoms with E-state index >= 15 is 0 Å². The van der Waals surface area contributed by atoms with Gasteiger partial charge in [0.25, 0.3) is 5.91 Å². The van der Waals surface area contributed by atoms with Crippen LogP contribution >= 0.6 is 0 Å². The van der Waals surface area contributed by atoms with E-state index in [4.69, 9.17) is 0 Å². The summed E-state index contributed by atoms with van der Waals surface area (Å²) in [7, 11) is 0. The number of nitrogens with one attached hydrogen (secondary N) is 2. The van der Waals surface area contributed by atoms with Gasteiger partial charge in [-0.2, -0.15) is 5.10 Å². The summed E-state index contributed by atoms with van der Waals surface area (Å²) >= 11 is 0. The number of rotatable bonds is 5. The number of amides is 1. The van der Waals surface area contributed by atoms with Gasteiger partial charge >= 0.3 is 0 Å². The fraction of sp³-hybridized carbons (Fsp3) is 0.0952. The van der Waals surface area contributed by atoms with Crippen molar-refractivity contribution in [3.8, 4) is 0 Å². The third kappa shape index (κ3) is 4.06. The maximum atomic E-state index is 13.5. The summed E-state index contributed by atoms with van der Waals surface area (Å²) < 4.78 is 28.4. The van der Waals surface area contributed by atoms with Gasteiger partial charge < -0.3 is 10.6 Å². The molecular formula is C21H17F2N5O. The third-order valence-electron chi connectivity index (χ3n) is 4.39. The third-order valence-corrected chi connectivity index (χ3v) is 4.39. The van der Waals surface area contributed by atoms with Gasteiger partial charge in [-0.05, 0) is 42.8 Å². The van der Waals surface area contributed by atoms with Crippen LogP contribution in [0.15, 0.2) is 67.0 Å². The minimum atomic E-state index is -0.646. The van der Waals surface area contributed by atoms with Crippen molar-refractivity contribution in [3.05, 3.63) is 89.8 Å². The molecule has 0 saturated carbocycles. The average molecular weight is 393 g/mol. The Morgan fingerprint density at radius 1 is 1.07 bits per heavy atom. The normalized spacial score (nSPS) is 12.0. The van der Waals surface area contributed by atoms with E-state index in [2.05, 4.69) is 20.7 Å². The van der Waals surface area contributed by atoms with Crippen molar-refractivity contribution < 1.29 is 13.6 Å². The van der Waals surface area contributed by atoms with Gasteiger partial charge in [-0.3, -0.25) is 4.79 Å². The van der Waals surface area contributed by atoms with Crippen LogP contribution in [0.3, 0.4) is 0 Å². The molecule has 2 aromatic heterocycles. The van der Waals surface area contributed by atoms with E-state index in [0.29, 0.717) is 28.3 Å². The quantitative estimate of drug-likeness (QED) is 0.526. The van der Waals surface area contributed by atoms with Crippen molar-refractivity contribution in [2.45, 2.75) is 13.0 Å². The molecule has 0 aliphatic heterocycles. The molecule has 4 rings (SSSR count). The predicted molar refractivity (Wildman–Crippen MR) is 106 cm³/mol. The molecule has 2 N–H and O–H groups in total. The van der Waals surface area contributed by atoms with Crippen molar-refractivity contribution in [1.29, 1.82) is 0 Å². The predicted octanol–water partition coefficient (Wildman–Crippen LogP) is 4.43. The van der Waals surface area contributed by atoms with Gasteiger partial charge in [0.15, 0.2) is 5.65 Å². The van der Waals surface area contributed by atoms with Gasteiger partial charge in [-0.1, -0.05) is 18.2 Å². The van der Waals surface area contributed by atoms with E-state index in [-0.39, 0.29) is 5.91 Å². The lowest BCUT2D eigenvalue weighted by Gasteiger charge is -2.15. The van der Waals surface area contributed by atoms with Crippen LogP contribution in [-0.4, -0.2) is 20.5 Å². The van der Waals surface area contributed by atoms with Crippen molar-refractivity contribution in [1.82, 2.24) is 14.6 Å². The van der Waals surface area contributed by atoms with Crippen molar-refractivity contribution >= 4 is 23.1 Å². The molecule has 0 radical (unpaired) electrons. The summed E-state index contributed by atoms with van der Waals surface area (Å²) in [6.45, 7) is 1.76. The molecule has 29 heavy (non-hydrogen) atoms. The zero-order valence-electron chi connectivity index (χ0n) is 15.4. The minimum Gasteiger partial charge on any atom is -0.363 e. The monoisotopic (exact) mass is 393 g/mol. The molecule has 0 aliphatic rings. The van der Waals surface area contributed by atoms with E-state index < -0.39 is 17.7 Å². The number of nitrogens with zero attached hydrogens (tertiary/aromatic N) is 3. The maximum absolute atomic E-state index is 13.5. The number of fused-ring (bicyclic) bond motifs is 1. The molecule has 0 spiro atoms. The van der Waals surface area contributed by atoms with E-state index in [1.807, 2.05) is 18.2 Å². The molecule has 1 amide bonds. The minimum absolute atomic E-state index is 0.307. The lowest BCUT2D eigenvalue weighted by Crippen LogP contribution is -2.13. The standard InChI is InChI=1S/C21H17F2N5O/c1-13(14-9-15(22)11-16(23)10-14)25-19-7-8-28-20(27-19)18(12-24-28)21(29)26-17-5-3-2-4-6-17/h2-13H,1H3,(H,25,27)(H,26,29). The number of aromatic nitrogens is 3. The number of anilines is 2. The summed E-state index contributed by atoms with van der Waals surface area (Å²) in [4.78, 5) is 17.1. The largest absolute Gasteiger partial charge is 0.363 e. The molecule has 0 fully saturated rings. The van der Waals surface area contributed by atoms with Crippen LogP contribution in [0.2, 0.25) is 0 Å². The summed E-state index contributed by atoms with van der Waals surface area (Å²) in [5.74, 6) is -1.18. The fourth-order valence-electron chi connectivity index (χ4n) is 2.96. The Balaban J connectivity index is 1.58. The van der Waals surface area contributed by atoms with Crippen LogP contribution in [-0.2, 0) is 0 Å². The van der Waals surface area contributed by atoms with Gasteiger partial charge in [-0.25, -0.2) is 18.3 Å². The van der Waals surface area contributed by atoms with Crippen molar-refractivity contribution in [3.63, 3.8) is 0 Å². The Hall–Kier alpha value is -3.81. The van der Waals surface area contributed by atoms with E-state index in [9.17, 15) is 13.6 Å². The van der Waals surface area contributed by atoms with Gasteiger partial charge in [0, 0.05) is 18.0 Å². The molecule has 1 unspecified atom stereocenters. The first-order valence-electron chi connectivity index (χ1n) is 8.93. The molecular weight excluding hydrogens is 376 g/mol. The maximum Gasteiger partial charge on any atom is 0.261 e. The molecule has 2 aromatic carbocycles. The Bertz CT molecular complexity index is 1160. The second kappa shape index (κ2) is 7.67. The van der Waals surface area contributed by atoms with Crippen molar-refractivity contribution in [2.75, 3.05) is 10.6 Å². The second-order valence-electron chi connectivity index (χ2n) is 6.53. The fourth-order valence-corrected chi connectivity index (χ4v) is 2.96. The molecule has 6 nitrogen and oxygen atoms in total. The van der Waals surface area contributed by atoms with Crippen molar-refractivity contribution in [2.24, 2.45) is 0 Å². The SMILES string of the molecule is CC(Nc1ccn2ncc(C(=O)Nc3ccccc3)c2n1)c1cc(F)cc(F)c1. The second-order valence-corrected chi connectivity index (χ2v) is 6.53. The lowest BCUT2D eigenvalue weighted by molar-refractivity contribution is 0.102. The van der Waals surface area contributed by atoms with E-state index in [1.165, 1.54) is 22.8 Å². The summed E-state index contributed by atoms with van der Waals surface area (Å²) in [6, 6.07) is 13.7. The number of hydrogen-bond acceptors (Lipinski definition) is 4. The first-order chi connectivity index (χ1) is 14.0. The molecule has 2 heterocycles. The highest BCUT2D eigenvalue weighted by Crippen LogP contribution is 2.21. The lowest BCUT2D eigenvalue weighted by atomic mass is 10.1. The highest BCUT2D eigenvalue weighted by Gasteiger charge is 2.16. The van der Waals surface area contributed by atoms with Gasteiger partial charge in [0.2, 0.25) is 0 Å². The number of carbonyl (C=O) groups is 1. The topological polar surface area (TPSA) is 71.3 Å². The zero-order chi connectivity index (χ0) is 20.4. The van der Waals surface area contributed by atoms with E-state index in [1.54, 1.807) is 31.3 Å². The molecule has 0 bridgehead atoms. The molecule has 146 valence electrons. The molecule has 1 atom stereocenters. The Kier molecular flexibility index (Phi) is 4.90. The van der Waals surface area contributed by atoms with Crippen LogP contribution in [0.25, 0.3) is 5.65 Å². The van der Waals surface area contributed by atoms with Crippen LogP contribution in [0, 0.1) is 11.6 Å². The summed E-state index contributed by atoms with van der Waals surface area (Å²) in [5, 5.41) is 10.0. The van der Waals surface area contributed by atoms with Gasteiger partial charge in [0.05, 0.1) is 12.2 Å². The Labute approximate surface area is 165 Å². The smallest absolute Gasteiger partial charge is 0.261 e. The molecule has 0 aliphatic carbocycles. The zero-order valence-corrected chi connectivity index (χ0v) is 15.4. The number of carbonyl (C=O) groups excluding carboxylic acids is 1. The number of halogens is 2. The summed E-state index contributed by atoms with van der Waals surface area (Å²) in [5.41, 5.74) is 1.77. The Morgan fingerprint density at radius 3 is 2.52 bits per heavy atom. The average Bonchev–Trinajstić information content (AvgIpc) is 3.11. The van der Waals surface area contributed by atoms with Crippen LogP contribution in [0.4, 0.5) is 20.3 Å². The van der Waals surface area contributed by atoms with E-state index in [0.717, 1.165) is 6.07 Å². The number of benzene rings is 2. The molecule has 4 aromatic rings. The van der Waals surface area contributed by atoms with Crippen LogP contribution in [0.5, 0.6) is 0 Å². The molecule has 8 heteroatoms. The highest BCUT2D eigenvalue weighted by atomic mass is 19.1.